The van der Waals surface area contributed by atoms with Gasteiger partial charge in [0.25, 0.3) is 0 Å². The van der Waals surface area contributed by atoms with Gasteiger partial charge in [0, 0.05) is 37.6 Å². The van der Waals surface area contributed by atoms with Gasteiger partial charge in [-0.2, -0.15) is 0 Å². The molecule has 0 bridgehead atoms. The Labute approximate surface area is 97.4 Å². The predicted molar refractivity (Wildman–Crippen MR) is 66.5 cm³/mol. The van der Waals surface area contributed by atoms with Crippen LogP contribution in [0.1, 0.15) is 33.1 Å². The van der Waals surface area contributed by atoms with Crippen molar-refractivity contribution >= 4 is 5.95 Å². The minimum atomic E-state index is 0.455. The van der Waals surface area contributed by atoms with E-state index in [9.17, 15) is 0 Å². The molecule has 2 atom stereocenters. The zero-order valence-electron chi connectivity index (χ0n) is 10.3. The van der Waals surface area contributed by atoms with Crippen molar-refractivity contribution in [3.05, 3.63) is 12.4 Å². The van der Waals surface area contributed by atoms with Gasteiger partial charge in [-0.05, 0) is 33.1 Å². The van der Waals surface area contributed by atoms with E-state index in [-0.39, 0.29) is 0 Å². The number of nitrogens with two attached hydrogens (primary N) is 1. The minimum Gasteiger partial charge on any atom is -0.335 e. The molecule has 2 rings (SSSR count). The lowest BCUT2D eigenvalue weighted by atomic mass is 9.97. The molecule has 0 saturated carbocycles. The molecule has 2 heterocycles. The van der Waals surface area contributed by atoms with Crippen LogP contribution in [0.3, 0.4) is 0 Å². The first-order chi connectivity index (χ1) is 7.77. The third kappa shape index (κ3) is 1.94. The number of hydrogen-bond acceptors (Lipinski definition) is 3. The quantitative estimate of drug-likeness (QED) is 0.845. The van der Waals surface area contributed by atoms with Crippen molar-refractivity contribution in [3.63, 3.8) is 0 Å². The van der Waals surface area contributed by atoms with Crippen LogP contribution in [0.2, 0.25) is 0 Å². The smallest absolute Gasteiger partial charge is 0.205 e. The summed E-state index contributed by atoms with van der Waals surface area (Å²) in [5.41, 5.74) is 5.87. The van der Waals surface area contributed by atoms with Gasteiger partial charge in [-0.25, -0.2) is 4.98 Å². The van der Waals surface area contributed by atoms with Crippen molar-refractivity contribution in [2.75, 3.05) is 11.4 Å². The van der Waals surface area contributed by atoms with Crippen LogP contribution in [-0.4, -0.2) is 28.2 Å². The van der Waals surface area contributed by atoms with Crippen LogP contribution in [-0.2, 0) is 6.54 Å². The molecule has 1 aromatic heterocycles. The molecule has 0 spiro atoms. The zero-order chi connectivity index (χ0) is 11.5. The fourth-order valence-electron chi connectivity index (χ4n) is 2.66. The van der Waals surface area contributed by atoms with E-state index in [0.717, 1.165) is 19.0 Å². The monoisotopic (exact) mass is 222 g/mol. The molecule has 1 aromatic rings. The van der Waals surface area contributed by atoms with Crippen molar-refractivity contribution < 1.29 is 0 Å². The number of aromatic nitrogens is 2. The normalized spacial score (nSPS) is 26.1. The lowest BCUT2D eigenvalue weighted by Gasteiger charge is -2.41. The number of piperidine rings is 1. The summed E-state index contributed by atoms with van der Waals surface area (Å²) in [7, 11) is 0. The summed E-state index contributed by atoms with van der Waals surface area (Å²) in [5, 5.41) is 0. The Balaban J connectivity index is 2.28. The van der Waals surface area contributed by atoms with Gasteiger partial charge in [0.1, 0.15) is 0 Å². The Hall–Kier alpha value is -1.03. The molecule has 0 aliphatic carbocycles. The van der Waals surface area contributed by atoms with Gasteiger partial charge in [-0.1, -0.05) is 0 Å². The Morgan fingerprint density at radius 3 is 3.00 bits per heavy atom. The summed E-state index contributed by atoms with van der Waals surface area (Å²) in [4.78, 5) is 6.90. The first-order valence-corrected chi connectivity index (χ1v) is 6.27. The van der Waals surface area contributed by atoms with Crippen LogP contribution in [0.25, 0.3) is 0 Å². The summed E-state index contributed by atoms with van der Waals surface area (Å²) in [6.07, 6.45) is 7.65. The molecule has 1 aliphatic heterocycles. The molecule has 1 aliphatic rings. The molecule has 16 heavy (non-hydrogen) atoms. The maximum absolute atomic E-state index is 5.87. The van der Waals surface area contributed by atoms with Crippen LogP contribution < -0.4 is 10.6 Å². The molecule has 4 heteroatoms. The number of imidazole rings is 1. The van der Waals surface area contributed by atoms with Gasteiger partial charge in [0.05, 0.1) is 0 Å². The molecule has 2 unspecified atom stereocenters. The van der Waals surface area contributed by atoms with Crippen molar-refractivity contribution in [3.8, 4) is 0 Å². The van der Waals surface area contributed by atoms with Gasteiger partial charge in [0.15, 0.2) is 0 Å². The average molecular weight is 222 g/mol. The fourth-order valence-corrected chi connectivity index (χ4v) is 2.66. The number of hydrogen-bond donors (Lipinski definition) is 1. The third-order valence-electron chi connectivity index (χ3n) is 3.56. The van der Waals surface area contributed by atoms with Crippen molar-refractivity contribution in [1.82, 2.24) is 9.55 Å². The number of anilines is 1. The molecule has 1 fully saturated rings. The highest BCUT2D eigenvalue weighted by molar-refractivity contribution is 5.36. The van der Waals surface area contributed by atoms with E-state index < -0.39 is 0 Å². The van der Waals surface area contributed by atoms with Crippen LogP contribution in [0.4, 0.5) is 5.95 Å². The number of aryl methyl sites for hydroxylation is 1. The second-order valence-electron chi connectivity index (χ2n) is 4.59. The molecule has 4 nitrogen and oxygen atoms in total. The molecule has 1 saturated heterocycles. The molecule has 0 amide bonds. The molecule has 0 radical (unpaired) electrons. The van der Waals surface area contributed by atoms with E-state index in [0.29, 0.717) is 12.1 Å². The Morgan fingerprint density at radius 2 is 2.31 bits per heavy atom. The third-order valence-corrected chi connectivity index (χ3v) is 3.56. The Bertz CT molecular complexity index is 334. The van der Waals surface area contributed by atoms with E-state index in [1.54, 1.807) is 0 Å². The van der Waals surface area contributed by atoms with Crippen molar-refractivity contribution in [2.24, 2.45) is 5.73 Å². The van der Waals surface area contributed by atoms with E-state index in [1.807, 2.05) is 12.4 Å². The molecular weight excluding hydrogens is 200 g/mol. The van der Waals surface area contributed by atoms with Gasteiger partial charge in [0.2, 0.25) is 5.95 Å². The second kappa shape index (κ2) is 4.87. The van der Waals surface area contributed by atoms with Crippen LogP contribution in [0.15, 0.2) is 12.4 Å². The number of rotatable bonds is 3. The largest absolute Gasteiger partial charge is 0.335 e. The summed E-state index contributed by atoms with van der Waals surface area (Å²) in [5.74, 6) is 1.09. The highest BCUT2D eigenvalue weighted by Gasteiger charge is 2.29. The van der Waals surface area contributed by atoms with Crippen LogP contribution >= 0.6 is 0 Å². The lowest BCUT2D eigenvalue weighted by Crippen LogP contribution is -2.50. The lowest BCUT2D eigenvalue weighted by molar-refractivity contribution is 0.390. The fraction of sp³-hybridized carbons (Fsp3) is 0.750. The summed E-state index contributed by atoms with van der Waals surface area (Å²) < 4.78 is 2.20. The van der Waals surface area contributed by atoms with Crippen LogP contribution in [0, 0.1) is 0 Å². The predicted octanol–water partition coefficient (Wildman–Crippen LogP) is 1.61. The molecule has 2 N–H and O–H groups in total. The van der Waals surface area contributed by atoms with Gasteiger partial charge < -0.3 is 15.2 Å². The molecular formula is C12H22N4. The molecule has 90 valence electrons. The van der Waals surface area contributed by atoms with Gasteiger partial charge >= 0.3 is 0 Å². The van der Waals surface area contributed by atoms with Gasteiger partial charge in [-0.15, -0.1) is 0 Å². The van der Waals surface area contributed by atoms with E-state index in [2.05, 4.69) is 28.3 Å². The topological polar surface area (TPSA) is 47.1 Å². The Kier molecular flexibility index (Phi) is 3.49. The van der Waals surface area contributed by atoms with Crippen molar-refractivity contribution in [2.45, 2.75) is 51.7 Å². The summed E-state index contributed by atoms with van der Waals surface area (Å²) in [6, 6.07) is 1.01. The summed E-state index contributed by atoms with van der Waals surface area (Å²) in [6.45, 7) is 6.12. The van der Waals surface area contributed by atoms with E-state index in [1.165, 1.54) is 19.3 Å². The van der Waals surface area contributed by atoms with Crippen LogP contribution in [0.5, 0.6) is 0 Å². The van der Waals surface area contributed by atoms with E-state index >= 15 is 0 Å². The first kappa shape index (κ1) is 11.5. The first-order valence-electron chi connectivity index (χ1n) is 6.27. The van der Waals surface area contributed by atoms with Crippen molar-refractivity contribution in [1.29, 1.82) is 0 Å². The highest BCUT2D eigenvalue weighted by Crippen LogP contribution is 2.27. The van der Waals surface area contributed by atoms with E-state index in [4.69, 9.17) is 5.73 Å². The zero-order valence-corrected chi connectivity index (χ0v) is 10.3. The Morgan fingerprint density at radius 1 is 1.50 bits per heavy atom. The maximum Gasteiger partial charge on any atom is 0.205 e. The SMILES string of the molecule is CCn1ccnc1N1C(C)CCCC1CN. The number of nitrogens with zero attached hydrogens (tertiary/aromatic N) is 3. The maximum atomic E-state index is 5.87. The van der Waals surface area contributed by atoms with Gasteiger partial charge in [-0.3, -0.25) is 0 Å². The average Bonchev–Trinajstić information content (AvgIpc) is 2.76. The molecule has 0 aromatic carbocycles. The minimum absolute atomic E-state index is 0.455. The second-order valence-corrected chi connectivity index (χ2v) is 4.59. The summed E-state index contributed by atoms with van der Waals surface area (Å²) >= 11 is 0. The standard InChI is InChI=1S/C12H22N4/c1-3-15-8-7-14-12(15)16-10(2)5-4-6-11(16)9-13/h7-8,10-11H,3-6,9,13H2,1-2H3. The highest BCUT2D eigenvalue weighted by atomic mass is 15.3.